The van der Waals surface area contributed by atoms with E-state index in [2.05, 4.69) is 10.2 Å². The Morgan fingerprint density at radius 1 is 0.951 bits per heavy atom. The molecule has 1 amide bonds. The number of ether oxygens (including phenoxy) is 1. The Morgan fingerprint density at radius 3 is 2.15 bits per heavy atom. The fraction of sp³-hybridized carbons (Fsp3) is 0.258. The summed E-state index contributed by atoms with van der Waals surface area (Å²) in [6, 6.07) is 19.5. The van der Waals surface area contributed by atoms with Gasteiger partial charge >= 0.3 is 6.18 Å². The van der Waals surface area contributed by atoms with Crippen molar-refractivity contribution in [1.82, 2.24) is 4.90 Å². The van der Waals surface area contributed by atoms with Gasteiger partial charge in [0.2, 0.25) is 5.88 Å². The second kappa shape index (κ2) is 11.8. The van der Waals surface area contributed by atoms with E-state index in [4.69, 9.17) is 20.8 Å². The predicted octanol–water partition coefficient (Wildman–Crippen LogP) is 7.90. The second-order valence-electron chi connectivity index (χ2n) is 9.65. The molecule has 4 aromatic rings. The van der Waals surface area contributed by atoms with Gasteiger partial charge in [-0.3, -0.25) is 4.79 Å². The number of nitrogens with zero attached hydrogens (tertiary/aromatic N) is 2. The number of amides is 1. The van der Waals surface area contributed by atoms with Crippen LogP contribution in [-0.4, -0.2) is 44.1 Å². The van der Waals surface area contributed by atoms with Gasteiger partial charge in [0, 0.05) is 53.7 Å². The van der Waals surface area contributed by atoms with Crippen molar-refractivity contribution in [3.63, 3.8) is 0 Å². The topological polar surface area (TPSA) is 58.0 Å². The van der Waals surface area contributed by atoms with Crippen LogP contribution in [0.15, 0.2) is 77.2 Å². The first-order valence-corrected chi connectivity index (χ1v) is 13.6. The second-order valence-corrected chi connectivity index (χ2v) is 10.1. The number of hydrogen-bond donors (Lipinski definition) is 1. The van der Waals surface area contributed by atoms with Crippen LogP contribution in [0.1, 0.15) is 28.4 Å². The van der Waals surface area contributed by atoms with Crippen LogP contribution in [0.25, 0.3) is 11.3 Å². The molecule has 0 aliphatic carbocycles. The summed E-state index contributed by atoms with van der Waals surface area (Å²) in [6.07, 6.45) is -4.01. The number of benzene rings is 3. The Morgan fingerprint density at radius 2 is 1.59 bits per heavy atom. The van der Waals surface area contributed by atoms with Gasteiger partial charge < -0.3 is 24.3 Å². The van der Waals surface area contributed by atoms with E-state index in [0.29, 0.717) is 71.6 Å². The summed E-state index contributed by atoms with van der Waals surface area (Å²) in [6.45, 7) is 4.11. The minimum atomic E-state index is -4.47. The van der Waals surface area contributed by atoms with Crippen LogP contribution in [0.4, 0.5) is 30.4 Å². The lowest BCUT2D eigenvalue weighted by molar-refractivity contribution is -0.137. The number of nitrogens with one attached hydrogen (secondary N) is 1. The van der Waals surface area contributed by atoms with E-state index in [1.165, 1.54) is 12.1 Å². The summed E-state index contributed by atoms with van der Waals surface area (Å²) < 4.78 is 51.2. The van der Waals surface area contributed by atoms with Crippen molar-refractivity contribution < 1.29 is 27.1 Å². The number of rotatable bonds is 7. The Bertz CT molecular complexity index is 1490. The quantitative estimate of drug-likeness (QED) is 0.240. The molecule has 0 atom stereocenters. The molecule has 0 bridgehead atoms. The SMILES string of the molecule is CCc1c(Nc2ccc(OC)cc2)oc(-c2ccc(C(F)(F)F)cc2)c1C(=O)N1CCN(c2ccc(Cl)cc2)CC1. The number of hydrogen-bond acceptors (Lipinski definition) is 5. The molecule has 6 nitrogen and oxygen atoms in total. The van der Waals surface area contributed by atoms with Gasteiger partial charge in [0.25, 0.3) is 5.91 Å². The fourth-order valence-electron chi connectivity index (χ4n) is 4.93. The van der Waals surface area contributed by atoms with Crippen molar-refractivity contribution in [2.45, 2.75) is 19.5 Å². The predicted molar refractivity (Wildman–Crippen MR) is 154 cm³/mol. The highest BCUT2D eigenvalue weighted by Gasteiger charge is 2.33. The van der Waals surface area contributed by atoms with Crippen LogP contribution < -0.4 is 15.0 Å². The molecule has 1 aliphatic rings. The number of alkyl halides is 3. The summed E-state index contributed by atoms with van der Waals surface area (Å²) in [5.41, 5.74) is 2.35. The molecular formula is C31H29ClF3N3O3. The number of carbonyl (C=O) groups excluding carboxylic acids is 1. The average Bonchev–Trinajstić information content (AvgIpc) is 3.35. The van der Waals surface area contributed by atoms with E-state index in [-0.39, 0.29) is 11.7 Å². The van der Waals surface area contributed by atoms with Gasteiger partial charge in [-0.05, 0) is 67.1 Å². The van der Waals surface area contributed by atoms with Gasteiger partial charge in [0.15, 0.2) is 0 Å². The van der Waals surface area contributed by atoms with Crippen LogP contribution in [0.2, 0.25) is 5.02 Å². The molecule has 0 unspecified atom stereocenters. The summed E-state index contributed by atoms with van der Waals surface area (Å²) in [7, 11) is 1.58. The van der Waals surface area contributed by atoms with Crippen molar-refractivity contribution in [2.24, 2.45) is 0 Å². The normalized spacial score (nSPS) is 13.8. The first kappa shape index (κ1) is 28.4. The van der Waals surface area contributed by atoms with E-state index >= 15 is 0 Å². The van der Waals surface area contributed by atoms with E-state index in [0.717, 1.165) is 17.8 Å². The van der Waals surface area contributed by atoms with Gasteiger partial charge in [-0.15, -0.1) is 0 Å². The van der Waals surface area contributed by atoms with Crippen LogP contribution in [-0.2, 0) is 12.6 Å². The number of carbonyl (C=O) groups is 1. The lowest BCUT2D eigenvalue weighted by Gasteiger charge is -2.36. The van der Waals surface area contributed by atoms with Crippen molar-refractivity contribution in [3.8, 4) is 17.1 Å². The molecular weight excluding hydrogens is 555 g/mol. The first-order valence-electron chi connectivity index (χ1n) is 13.2. The molecule has 0 radical (unpaired) electrons. The van der Waals surface area contributed by atoms with Gasteiger partial charge in [-0.1, -0.05) is 30.7 Å². The molecule has 3 aromatic carbocycles. The molecule has 5 rings (SSSR count). The minimum absolute atomic E-state index is 0.223. The van der Waals surface area contributed by atoms with Gasteiger partial charge in [0.05, 0.1) is 18.2 Å². The zero-order chi connectivity index (χ0) is 29.1. The zero-order valence-corrected chi connectivity index (χ0v) is 23.4. The Hall–Kier alpha value is -4.11. The van der Waals surface area contributed by atoms with Crippen molar-refractivity contribution in [3.05, 3.63) is 94.5 Å². The monoisotopic (exact) mass is 583 g/mol. The third kappa shape index (κ3) is 6.15. The highest BCUT2D eigenvalue weighted by Crippen LogP contribution is 2.39. The molecule has 10 heteroatoms. The average molecular weight is 584 g/mol. The third-order valence-corrected chi connectivity index (χ3v) is 7.41. The zero-order valence-electron chi connectivity index (χ0n) is 22.6. The smallest absolute Gasteiger partial charge is 0.416 e. The van der Waals surface area contributed by atoms with Crippen LogP contribution >= 0.6 is 11.6 Å². The van der Waals surface area contributed by atoms with Crippen molar-refractivity contribution in [2.75, 3.05) is 43.5 Å². The van der Waals surface area contributed by atoms with E-state index < -0.39 is 11.7 Å². The van der Waals surface area contributed by atoms with Crippen LogP contribution in [0.5, 0.6) is 5.75 Å². The summed E-state index contributed by atoms with van der Waals surface area (Å²) >= 11 is 6.03. The Kier molecular flexibility index (Phi) is 8.17. The molecule has 1 saturated heterocycles. The maximum atomic E-state index is 14.0. The van der Waals surface area contributed by atoms with Gasteiger partial charge in [-0.25, -0.2) is 0 Å². The number of methoxy groups -OCH3 is 1. The highest BCUT2D eigenvalue weighted by molar-refractivity contribution is 6.30. The molecule has 41 heavy (non-hydrogen) atoms. The van der Waals surface area contributed by atoms with E-state index in [1.807, 2.05) is 43.3 Å². The number of piperazine rings is 1. The van der Waals surface area contributed by atoms with Gasteiger partial charge in [-0.2, -0.15) is 13.2 Å². The standard InChI is InChI=1S/C31H29ClF3N3O3/c1-3-26-27(30(39)38-18-16-37(17-19-38)24-12-8-22(32)9-13-24)28(20-4-6-21(7-5-20)31(33,34)35)41-29(26)36-23-10-14-25(40-2)15-11-23/h4-15,36H,3,16-19H2,1-2H3. The largest absolute Gasteiger partial charge is 0.497 e. The fourth-order valence-corrected chi connectivity index (χ4v) is 5.05. The molecule has 1 fully saturated rings. The molecule has 0 spiro atoms. The number of furan rings is 1. The highest BCUT2D eigenvalue weighted by atomic mass is 35.5. The molecule has 1 aromatic heterocycles. The van der Waals surface area contributed by atoms with E-state index in [9.17, 15) is 18.0 Å². The molecule has 1 aliphatic heterocycles. The Balaban J connectivity index is 1.48. The molecule has 2 heterocycles. The van der Waals surface area contributed by atoms with E-state index in [1.54, 1.807) is 24.1 Å². The van der Waals surface area contributed by atoms with Crippen molar-refractivity contribution in [1.29, 1.82) is 0 Å². The Labute approximate surface area is 241 Å². The lowest BCUT2D eigenvalue weighted by Crippen LogP contribution is -2.49. The molecule has 1 N–H and O–H groups in total. The number of halogens is 4. The van der Waals surface area contributed by atoms with Crippen molar-refractivity contribution >= 4 is 34.8 Å². The minimum Gasteiger partial charge on any atom is -0.497 e. The summed E-state index contributed by atoms with van der Waals surface area (Å²) in [4.78, 5) is 18.0. The maximum Gasteiger partial charge on any atom is 0.416 e. The molecule has 214 valence electrons. The summed E-state index contributed by atoms with van der Waals surface area (Å²) in [5, 5.41) is 3.90. The maximum absolute atomic E-state index is 14.0. The molecule has 0 saturated carbocycles. The van der Waals surface area contributed by atoms with Crippen LogP contribution in [0, 0.1) is 0 Å². The summed E-state index contributed by atoms with van der Waals surface area (Å²) in [5.74, 6) is 1.07. The third-order valence-electron chi connectivity index (χ3n) is 7.16. The van der Waals surface area contributed by atoms with Crippen LogP contribution in [0.3, 0.4) is 0 Å². The lowest BCUT2D eigenvalue weighted by atomic mass is 10.0. The van der Waals surface area contributed by atoms with Gasteiger partial charge in [0.1, 0.15) is 11.5 Å². The number of anilines is 3. The first-order chi connectivity index (χ1) is 19.7.